The summed E-state index contributed by atoms with van der Waals surface area (Å²) in [6.45, 7) is 6.43. The Kier molecular flexibility index (Phi) is 2.97. The molecular weight excluding hydrogens is 246 g/mol. The third-order valence-electron chi connectivity index (χ3n) is 3.59. The number of benzene rings is 1. The highest BCUT2D eigenvalue weighted by Gasteiger charge is 2.08. The maximum atomic E-state index is 6.03. The molecule has 1 aromatic carbocycles. The highest BCUT2D eigenvalue weighted by atomic mass is 15.0. The van der Waals surface area contributed by atoms with E-state index in [1.165, 1.54) is 5.56 Å². The number of rotatable bonds is 2. The van der Waals surface area contributed by atoms with Gasteiger partial charge in [0.1, 0.15) is 0 Å². The number of nitrogen functional groups attached to an aromatic ring is 1. The Labute approximate surface area is 119 Å². The zero-order chi connectivity index (χ0) is 14.3. The number of hydrogen-bond acceptors (Lipinski definition) is 2. The molecule has 2 N–H and O–H groups in total. The smallest absolute Gasteiger partial charge is 0.160 e. The molecule has 0 amide bonds. The van der Waals surface area contributed by atoms with Crippen molar-refractivity contribution < 1.29 is 0 Å². The van der Waals surface area contributed by atoms with E-state index in [0.717, 1.165) is 28.2 Å². The third kappa shape index (κ3) is 2.16. The van der Waals surface area contributed by atoms with Crippen LogP contribution in [0.4, 0.5) is 5.69 Å². The van der Waals surface area contributed by atoms with Gasteiger partial charge in [0.15, 0.2) is 5.65 Å². The highest BCUT2D eigenvalue weighted by molar-refractivity contribution is 5.71. The summed E-state index contributed by atoms with van der Waals surface area (Å²) in [7, 11) is 0. The average Bonchev–Trinajstić information content (AvgIpc) is 2.83. The van der Waals surface area contributed by atoms with Crippen molar-refractivity contribution in [1.29, 1.82) is 0 Å². The van der Waals surface area contributed by atoms with Gasteiger partial charge in [-0.2, -0.15) is 0 Å². The Morgan fingerprint density at radius 1 is 1.10 bits per heavy atom. The van der Waals surface area contributed by atoms with E-state index in [-0.39, 0.29) is 0 Å². The fraction of sp³-hybridized carbons (Fsp3) is 0.235. The number of nitrogens with zero attached hydrogens (tertiary/aromatic N) is 2. The summed E-state index contributed by atoms with van der Waals surface area (Å²) in [5.74, 6) is 0.545. The lowest BCUT2D eigenvalue weighted by atomic mass is 10.0. The van der Waals surface area contributed by atoms with Crippen molar-refractivity contribution in [3.8, 4) is 11.3 Å². The van der Waals surface area contributed by atoms with E-state index in [1.54, 1.807) is 0 Å². The molecule has 0 aliphatic heterocycles. The molecule has 3 nitrogen and oxygen atoms in total. The molecule has 3 rings (SSSR count). The normalized spacial score (nSPS) is 11.4. The third-order valence-corrected chi connectivity index (χ3v) is 3.59. The SMILES string of the molecule is Cc1cc(N)c2nc(-c3ccc(C(C)C)cc3)cn2c1. The molecule has 0 unspecified atom stereocenters. The monoisotopic (exact) mass is 265 g/mol. The second kappa shape index (κ2) is 4.67. The van der Waals surface area contributed by atoms with E-state index < -0.39 is 0 Å². The number of anilines is 1. The fourth-order valence-electron chi connectivity index (χ4n) is 2.45. The van der Waals surface area contributed by atoms with Crippen LogP contribution in [0.1, 0.15) is 30.9 Å². The highest BCUT2D eigenvalue weighted by Crippen LogP contribution is 2.24. The van der Waals surface area contributed by atoms with Gasteiger partial charge in [-0.3, -0.25) is 0 Å². The second-order valence-electron chi connectivity index (χ2n) is 5.61. The molecule has 0 radical (unpaired) electrons. The van der Waals surface area contributed by atoms with Crippen LogP contribution in [0.15, 0.2) is 42.7 Å². The van der Waals surface area contributed by atoms with Gasteiger partial charge in [-0.05, 0) is 30.0 Å². The summed E-state index contributed by atoms with van der Waals surface area (Å²) in [6, 6.07) is 10.5. The van der Waals surface area contributed by atoms with Gasteiger partial charge in [0.05, 0.1) is 11.4 Å². The lowest BCUT2D eigenvalue weighted by Crippen LogP contribution is -1.93. The number of aryl methyl sites for hydroxylation is 1. The van der Waals surface area contributed by atoms with Gasteiger partial charge < -0.3 is 10.1 Å². The van der Waals surface area contributed by atoms with Crippen molar-refractivity contribution in [3.05, 3.63) is 53.9 Å². The summed E-state index contributed by atoms with van der Waals surface area (Å²) < 4.78 is 2.00. The molecule has 3 aromatic rings. The maximum absolute atomic E-state index is 6.03. The van der Waals surface area contributed by atoms with Gasteiger partial charge in [0, 0.05) is 18.0 Å². The van der Waals surface area contributed by atoms with Gasteiger partial charge in [0.25, 0.3) is 0 Å². The molecule has 2 heterocycles. The molecule has 0 bridgehead atoms. The number of imidazole rings is 1. The predicted octanol–water partition coefficient (Wildman–Crippen LogP) is 4.02. The fourth-order valence-corrected chi connectivity index (χ4v) is 2.45. The number of aromatic nitrogens is 2. The molecule has 0 atom stereocenters. The van der Waals surface area contributed by atoms with Crippen molar-refractivity contribution in [3.63, 3.8) is 0 Å². The Balaban J connectivity index is 2.08. The molecule has 0 fully saturated rings. The van der Waals surface area contributed by atoms with Crippen LogP contribution >= 0.6 is 0 Å². The zero-order valence-corrected chi connectivity index (χ0v) is 12.1. The Morgan fingerprint density at radius 3 is 2.45 bits per heavy atom. The van der Waals surface area contributed by atoms with Crippen LogP contribution in [0, 0.1) is 6.92 Å². The van der Waals surface area contributed by atoms with Crippen LogP contribution in [0.5, 0.6) is 0 Å². The first-order valence-electron chi connectivity index (χ1n) is 6.90. The first kappa shape index (κ1) is 12.7. The van der Waals surface area contributed by atoms with Gasteiger partial charge in [-0.1, -0.05) is 38.1 Å². The summed E-state index contributed by atoms with van der Waals surface area (Å²) in [4.78, 5) is 4.64. The van der Waals surface area contributed by atoms with E-state index in [1.807, 2.05) is 29.8 Å². The molecule has 0 saturated carbocycles. The van der Waals surface area contributed by atoms with Crippen molar-refractivity contribution in [2.45, 2.75) is 26.7 Å². The second-order valence-corrected chi connectivity index (χ2v) is 5.61. The summed E-state index contributed by atoms with van der Waals surface area (Å²) in [6.07, 6.45) is 4.08. The molecule has 0 aliphatic rings. The Morgan fingerprint density at radius 2 is 1.80 bits per heavy atom. The van der Waals surface area contributed by atoms with E-state index in [4.69, 9.17) is 5.73 Å². The lowest BCUT2D eigenvalue weighted by Gasteiger charge is -2.05. The lowest BCUT2D eigenvalue weighted by molar-refractivity contribution is 0.867. The Hall–Kier alpha value is -2.29. The first-order chi connectivity index (χ1) is 9.54. The molecule has 20 heavy (non-hydrogen) atoms. The minimum Gasteiger partial charge on any atom is -0.396 e. The van der Waals surface area contributed by atoms with Crippen molar-refractivity contribution >= 4 is 11.3 Å². The van der Waals surface area contributed by atoms with Crippen molar-refractivity contribution in [2.75, 3.05) is 5.73 Å². The number of pyridine rings is 1. The standard InChI is InChI=1S/C17H19N3/c1-11(2)13-4-6-14(7-5-13)16-10-20-9-12(3)8-15(18)17(20)19-16/h4-11H,18H2,1-3H3. The van der Waals surface area contributed by atoms with Crippen LogP contribution in [-0.4, -0.2) is 9.38 Å². The van der Waals surface area contributed by atoms with Crippen molar-refractivity contribution in [1.82, 2.24) is 9.38 Å². The quantitative estimate of drug-likeness (QED) is 0.760. The van der Waals surface area contributed by atoms with E-state index in [0.29, 0.717) is 5.92 Å². The van der Waals surface area contributed by atoms with Gasteiger partial charge in [-0.25, -0.2) is 4.98 Å². The summed E-state index contributed by atoms with van der Waals surface area (Å²) in [5, 5.41) is 0. The van der Waals surface area contributed by atoms with E-state index in [9.17, 15) is 0 Å². The molecule has 2 aromatic heterocycles. The maximum Gasteiger partial charge on any atom is 0.160 e. The largest absolute Gasteiger partial charge is 0.396 e. The number of nitrogens with two attached hydrogens (primary N) is 1. The summed E-state index contributed by atoms with van der Waals surface area (Å²) >= 11 is 0. The molecule has 0 aliphatic carbocycles. The Bertz CT molecular complexity index is 752. The number of hydrogen-bond donors (Lipinski definition) is 1. The van der Waals surface area contributed by atoms with E-state index >= 15 is 0 Å². The minimum atomic E-state index is 0.545. The van der Waals surface area contributed by atoms with Gasteiger partial charge in [-0.15, -0.1) is 0 Å². The van der Waals surface area contributed by atoms with Crippen LogP contribution < -0.4 is 5.73 Å². The predicted molar refractivity (Wildman–Crippen MR) is 83.9 cm³/mol. The van der Waals surface area contributed by atoms with Crippen LogP contribution in [0.2, 0.25) is 0 Å². The molecule has 3 heteroatoms. The van der Waals surface area contributed by atoms with Crippen LogP contribution in [0.3, 0.4) is 0 Å². The van der Waals surface area contributed by atoms with Crippen LogP contribution in [-0.2, 0) is 0 Å². The minimum absolute atomic E-state index is 0.545. The molecular formula is C17H19N3. The first-order valence-corrected chi connectivity index (χ1v) is 6.90. The number of fused-ring (bicyclic) bond motifs is 1. The van der Waals surface area contributed by atoms with Gasteiger partial charge in [0.2, 0.25) is 0 Å². The zero-order valence-electron chi connectivity index (χ0n) is 12.1. The topological polar surface area (TPSA) is 43.3 Å². The van der Waals surface area contributed by atoms with Crippen LogP contribution in [0.25, 0.3) is 16.9 Å². The average molecular weight is 265 g/mol. The molecule has 102 valence electrons. The molecule has 0 spiro atoms. The summed E-state index contributed by atoms with van der Waals surface area (Å²) in [5.41, 5.74) is 12.1. The van der Waals surface area contributed by atoms with E-state index in [2.05, 4.69) is 43.1 Å². The molecule has 0 saturated heterocycles. The van der Waals surface area contributed by atoms with Gasteiger partial charge >= 0.3 is 0 Å². The van der Waals surface area contributed by atoms with Crippen molar-refractivity contribution in [2.24, 2.45) is 0 Å².